The number of likely N-dealkylation sites (tertiary alicyclic amines) is 1. The van der Waals surface area contributed by atoms with Crippen molar-refractivity contribution in [1.82, 2.24) is 10.2 Å². The summed E-state index contributed by atoms with van der Waals surface area (Å²) < 4.78 is 5.64. The van der Waals surface area contributed by atoms with E-state index in [1.165, 1.54) is 45.3 Å². The van der Waals surface area contributed by atoms with E-state index in [1.54, 1.807) is 0 Å². The molecule has 1 saturated heterocycles. The van der Waals surface area contributed by atoms with E-state index in [2.05, 4.69) is 31.0 Å². The van der Waals surface area contributed by atoms with Crippen LogP contribution in [0.5, 0.6) is 0 Å². The normalized spacial score (nSPS) is 22.3. The van der Waals surface area contributed by atoms with Gasteiger partial charge in [0, 0.05) is 19.2 Å². The number of nitrogens with zero attached hydrogens (tertiary/aromatic N) is 1. The van der Waals surface area contributed by atoms with Crippen LogP contribution in [0.3, 0.4) is 0 Å². The second kappa shape index (κ2) is 9.76. The van der Waals surface area contributed by atoms with Crippen molar-refractivity contribution in [3.63, 3.8) is 0 Å². The average molecular weight is 256 g/mol. The first-order valence-electron chi connectivity index (χ1n) is 7.75. The molecule has 0 aromatic carbocycles. The zero-order valence-corrected chi connectivity index (χ0v) is 12.6. The van der Waals surface area contributed by atoms with Crippen LogP contribution in [0.4, 0.5) is 0 Å². The lowest BCUT2D eigenvalue weighted by Gasteiger charge is -2.18. The highest BCUT2D eigenvalue weighted by molar-refractivity contribution is 4.74. The highest BCUT2D eigenvalue weighted by Crippen LogP contribution is 2.10. The molecule has 1 fully saturated rings. The minimum Gasteiger partial charge on any atom is -0.380 e. The molecule has 1 rings (SSSR count). The van der Waals surface area contributed by atoms with Gasteiger partial charge in [0.05, 0.1) is 6.61 Å². The Labute approximate surface area is 113 Å². The quantitative estimate of drug-likeness (QED) is 0.675. The monoisotopic (exact) mass is 256 g/mol. The van der Waals surface area contributed by atoms with Gasteiger partial charge in [0.2, 0.25) is 0 Å². The Bertz CT molecular complexity index is 197. The molecule has 108 valence electrons. The van der Waals surface area contributed by atoms with Crippen molar-refractivity contribution in [3.05, 3.63) is 0 Å². The summed E-state index contributed by atoms with van der Waals surface area (Å²) in [5, 5.41) is 3.64. The molecule has 0 saturated carbocycles. The van der Waals surface area contributed by atoms with Gasteiger partial charge >= 0.3 is 0 Å². The van der Waals surface area contributed by atoms with Crippen molar-refractivity contribution >= 4 is 0 Å². The first-order valence-corrected chi connectivity index (χ1v) is 7.75. The number of nitrogens with one attached hydrogen (secondary N) is 1. The molecule has 18 heavy (non-hydrogen) atoms. The summed E-state index contributed by atoms with van der Waals surface area (Å²) in [5.74, 6) is 0.750. The van der Waals surface area contributed by atoms with Crippen LogP contribution in [0.2, 0.25) is 0 Å². The van der Waals surface area contributed by atoms with Crippen molar-refractivity contribution < 1.29 is 4.74 Å². The van der Waals surface area contributed by atoms with Gasteiger partial charge in [0.15, 0.2) is 0 Å². The number of rotatable bonds is 8. The minimum atomic E-state index is 0.704. The highest BCUT2D eigenvalue weighted by atomic mass is 16.5. The van der Waals surface area contributed by atoms with E-state index in [1.807, 2.05) is 0 Å². The molecule has 1 N–H and O–H groups in total. The molecule has 1 atom stereocenters. The lowest BCUT2D eigenvalue weighted by molar-refractivity contribution is 0.123. The summed E-state index contributed by atoms with van der Waals surface area (Å²) >= 11 is 0. The van der Waals surface area contributed by atoms with Gasteiger partial charge in [0.25, 0.3) is 0 Å². The van der Waals surface area contributed by atoms with Gasteiger partial charge < -0.3 is 15.0 Å². The molecule has 0 aliphatic carbocycles. The fourth-order valence-corrected chi connectivity index (χ4v) is 2.43. The molecule has 0 bridgehead atoms. The molecule has 0 radical (unpaired) electrons. The van der Waals surface area contributed by atoms with Crippen LogP contribution in [-0.4, -0.2) is 50.3 Å². The van der Waals surface area contributed by atoms with E-state index in [9.17, 15) is 0 Å². The van der Waals surface area contributed by atoms with Crippen LogP contribution in [0.25, 0.3) is 0 Å². The van der Waals surface area contributed by atoms with Gasteiger partial charge in [-0.3, -0.25) is 0 Å². The van der Waals surface area contributed by atoms with E-state index >= 15 is 0 Å². The zero-order chi connectivity index (χ0) is 13.2. The molecular weight excluding hydrogens is 224 g/mol. The summed E-state index contributed by atoms with van der Waals surface area (Å²) in [6.45, 7) is 13.3. The fourth-order valence-electron chi connectivity index (χ4n) is 2.43. The molecule has 0 spiro atoms. The van der Waals surface area contributed by atoms with Crippen LogP contribution >= 0.6 is 0 Å². The molecule has 1 heterocycles. The molecule has 0 amide bonds. The van der Waals surface area contributed by atoms with Gasteiger partial charge in [-0.25, -0.2) is 0 Å². The van der Waals surface area contributed by atoms with Crippen LogP contribution in [0.1, 0.15) is 46.5 Å². The van der Waals surface area contributed by atoms with Crippen LogP contribution in [0, 0.1) is 5.92 Å². The molecule has 1 unspecified atom stereocenters. The van der Waals surface area contributed by atoms with E-state index in [4.69, 9.17) is 4.74 Å². The molecular formula is C15H32N2O. The molecule has 3 nitrogen and oxygen atoms in total. The summed E-state index contributed by atoms with van der Waals surface area (Å²) in [7, 11) is 0. The van der Waals surface area contributed by atoms with Crippen molar-refractivity contribution in [2.24, 2.45) is 5.92 Å². The summed E-state index contributed by atoms with van der Waals surface area (Å²) in [6.07, 6.45) is 5.12. The van der Waals surface area contributed by atoms with E-state index in [0.29, 0.717) is 6.04 Å². The minimum absolute atomic E-state index is 0.704. The van der Waals surface area contributed by atoms with Crippen molar-refractivity contribution in [1.29, 1.82) is 0 Å². The van der Waals surface area contributed by atoms with Crippen LogP contribution in [-0.2, 0) is 4.74 Å². The van der Waals surface area contributed by atoms with Gasteiger partial charge in [-0.1, -0.05) is 20.8 Å². The number of hydrogen-bond acceptors (Lipinski definition) is 3. The van der Waals surface area contributed by atoms with Gasteiger partial charge in [0.1, 0.15) is 0 Å². The first-order chi connectivity index (χ1) is 8.72. The standard InChI is InChI=1S/C15H32N2O/c1-4-17-10-5-6-15(7-11-17)16-9-13-18-12-8-14(2)3/h14-16H,4-13H2,1-3H3. The Balaban J connectivity index is 1.98. The van der Waals surface area contributed by atoms with Crippen molar-refractivity contribution in [2.45, 2.75) is 52.5 Å². The predicted octanol–water partition coefficient (Wildman–Crippen LogP) is 2.51. The third-order valence-electron chi connectivity index (χ3n) is 3.79. The summed E-state index contributed by atoms with van der Waals surface area (Å²) in [5.41, 5.74) is 0. The topological polar surface area (TPSA) is 24.5 Å². The molecule has 0 aromatic rings. The lowest BCUT2D eigenvalue weighted by Crippen LogP contribution is -2.33. The van der Waals surface area contributed by atoms with Crippen molar-refractivity contribution in [3.8, 4) is 0 Å². The Morgan fingerprint density at radius 1 is 1.22 bits per heavy atom. The second-order valence-corrected chi connectivity index (χ2v) is 5.81. The summed E-state index contributed by atoms with van der Waals surface area (Å²) in [4.78, 5) is 2.56. The maximum Gasteiger partial charge on any atom is 0.0591 e. The van der Waals surface area contributed by atoms with E-state index < -0.39 is 0 Å². The zero-order valence-electron chi connectivity index (χ0n) is 12.6. The first kappa shape index (κ1) is 15.9. The SMILES string of the molecule is CCN1CCCC(NCCOCCC(C)C)CC1. The highest BCUT2D eigenvalue weighted by Gasteiger charge is 2.14. The Kier molecular flexibility index (Phi) is 8.64. The predicted molar refractivity (Wildman–Crippen MR) is 78.0 cm³/mol. The molecule has 0 aromatic heterocycles. The lowest BCUT2D eigenvalue weighted by atomic mass is 10.1. The largest absolute Gasteiger partial charge is 0.380 e. The van der Waals surface area contributed by atoms with Gasteiger partial charge in [-0.15, -0.1) is 0 Å². The molecule has 3 heteroatoms. The van der Waals surface area contributed by atoms with Crippen LogP contribution < -0.4 is 5.32 Å². The third kappa shape index (κ3) is 7.34. The van der Waals surface area contributed by atoms with Gasteiger partial charge in [-0.2, -0.15) is 0 Å². The smallest absolute Gasteiger partial charge is 0.0591 e. The van der Waals surface area contributed by atoms with E-state index in [0.717, 1.165) is 25.7 Å². The number of hydrogen-bond donors (Lipinski definition) is 1. The van der Waals surface area contributed by atoms with Crippen LogP contribution in [0.15, 0.2) is 0 Å². The number of ether oxygens (including phenoxy) is 1. The Morgan fingerprint density at radius 3 is 2.78 bits per heavy atom. The molecule has 1 aliphatic heterocycles. The second-order valence-electron chi connectivity index (χ2n) is 5.81. The fraction of sp³-hybridized carbons (Fsp3) is 1.00. The van der Waals surface area contributed by atoms with Crippen molar-refractivity contribution in [2.75, 3.05) is 39.4 Å². The molecule has 1 aliphatic rings. The Hall–Kier alpha value is -0.120. The maximum atomic E-state index is 5.64. The summed E-state index contributed by atoms with van der Waals surface area (Å²) in [6, 6.07) is 0.704. The van der Waals surface area contributed by atoms with Gasteiger partial charge in [-0.05, 0) is 51.2 Å². The third-order valence-corrected chi connectivity index (χ3v) is 3.79. The Morgan fingerprint density at radius 2 is 2.06 bits per heavy atom. The maximum absolute atomic E-state index is 5.64. The average Bonchev–Trinajstić information content (AvgIpc) is 2.58. The van der Waals surface area contributed by atoms with E-state index in [-0.39, 0.29) is 0 Å².